The van der Waals surface area contributed by atoms with Crippen molar-refractivity contribution < 1.29 is 4.79 Å². The van der Waals surface area contributed by atoms with Crippen LogP contribution in [0.5, 0.6) is 0 Å². The lowest BCUT2D eigenvalue weighted by molar-refractivity contribution is -0.122. The van der Waals surface area contributed by atoms with Crippen molar-refractivity contribution >= 4 is 5.91 Å². The Bertz CT molecular complexity index is 155. The second kappa shape index (κ2) is 4.45. The van der Waals surface area contributed by atoms with E-state index in [2.05, 4.69) is 12.2 Å². The molecule has 3 N–H and O–H groups in total. The third-order valence-electron chi connectivity index (χ3n) is 2.54. The summed E-state index contributed by atoms with van der Waals surface area (Å²) in [5.41, 5.74) is 5.29. The van der Waals surface area contributed by atoms with E-state index in [1.54, 1.807) is 0 Å². The van der Waals surface area contributed by atoms with Crippen LogP contribution in [0.25, 0.3) is 0 Å². The zero-order valence-electron chi connectivity index (χ0n) is 7.68. The van der Waals surface area contributed by atoms with E-state index >= 15 is 0 Å². The lowest BCUT2D eigenvalue weighted by Crippen LogP contribution is -2.48. The minimum Gasteiger partial charge on any atom is -0.368 e. The van der Waals surface area contributed by atoms with Crippen molar-refractivity contribution in [2.45, 2.75) is 38.6 Å². The van der Waals surface area contributed by atoms with E-state index < -0.39 is 0 Å². The van der Waals surface area contributed by atoms with Crippen LogP contribution in [0, 0.1) is 5.92 Å². The van der Waals surface area contributed by atoms with Crippen LogP contribution in [-0.2, 0) is 4.79 Å². The van der Waals surface area contributed by atoms with Crippen LogP contribution >= 0.6 is 0 Å². The van der Waals surface area contributed by atoms with Gasteiger partial charge in [-0.1, -0.05) is 13.3 Å². The first-order valence-electron chi connectivity index (χ1n) is 4.78. The van der Waals surface area contributed by atoms with Gasteiger partial charge in [-0.25, -0.2) is 0 Å². The van der Waals surface area contributed by atoms with E-state index in [0.717, 1.165) is 25.8 Å². The van der Waals surface area contributed by atoms with Crippen LogP contribution in [0.15, 0.2) is 0 Å². The summed E-state index contributed by atoms with van der Waals surface area (Å²) in [5, 5.41) is 3.20. The molecule has 1 aliphatic carbocycles. The molecular weight excluding hydrogens is 152 g/mol. The van der Waals surface area contributed by atoms with Gasteiger partial charge in [0.25, 0.3) is 0 Å². The van der Waals surface area contributed by atoms with E-state index in [1.807, 2.05) is 0 Å². The largest absolute Gasteiger partial charge is 0.368 e. The van der Waals surface area contributed by atoms with Crippen molar-refractivity contribution in [3.8, 4) is 0 Å². The summed E-state index contributed by atoms with van der Waals surface area (Å²) in [6.07, 6.45) is 4.62. The fraction of sp³-hybridized carbons (Fsp3) is 0.889. The van der Waals surface area contributed by atoms with Gasteiger partial charge in [-0.3, -0.25) is 4.79 Å². The number of hydrogen-bond donors (Lipinski definition) is 2. The number of carbonyl (C=O) groups excluding carboxylic acids is 1. The Hall–Kier alpha value is -0.570. The van der Waals surface area contributed by atoms with Crippen LogP contribution in [0.3, 0.4) is 0 Å². The second-order valence-corrected chi connectivity index (χ2v) is 3.53. The number of amides is 1. The molecule has 3 heteroatoms. The Labute approximate surface area is 73.7 Å². The fourth-order valence-corrected chi connectivity index (χ4v) is 1.57. The number of hydrogen-bond acceptors (Lipinski definition) is 2. The first-order chi connectivity index (χ1) is 5.75. The highest BCUT2D eigenvalue weighted by Gasteiger charge is 2.30. The first kappa shape index (κ1) is 9.52. The zero-order valence-corrected chi connectivity index (χ0v) is 7.68. The second-order valence-electron chi connectivity index (χ2n) is 3.53. The molecule has 12 heavy (non-hydrogen) atoms. The molecule has 1 fully saturated rings. The van der Waals surface area contributed by atoms with Crippen molar-refractivity contribution in [3.05, 3.63) is 0 Å². The summed E-state index contributed by atoms with van der Waals surface area (Å²) in [4.78, 5) is 11.0. The molecule has 1 saturated carbocycles. The summed E-state index contributed by atoms with van der Waals surface area (Å²) in [7, 11) is 0. The van der Waals surface area contributed by atoms with Gasteiger partial charge in [0.2, 0.25) is 5.91 Å². The van der Waals surface area contributed by atoms with E-state index in [1.165, 1.54) is 6.42 Å². The lowest BCUT2D eigenvalue weighted by atomic mass is 9.79. The van der Waals surface area contributed by atoms with E-state index in [9.17, 15) is 4.79 Å². The first-order valence-corrected chi connectivity index (χ1v) is 4.78. The quantitative estimate of drug-likeness (QED) is 0.636. The molecule has 0 aromatic heterocycles. The molecule has 1 unspecified atom stereocenters. The predicted molar refractivity (Wildman–Crippen MR) is 48.6 cm³/mol. The monoisotopic (exact) mass is 170 g/mol. The van der Waals surface area contributed by atoms with Crippen molar-refractivity contribution in [2.75, 3.05) is 6.54 Å². The molecule has 0 saturated heterocycles. The molecule has 0 radical (unpaired) electrons. The highest BCUT2D eigenvalue weighted by molar-refractivity contribution is 5.80. The maximum atomic E-state index is 11.0. The topological polar surface area (TPSA) is 55.1 Å². The van der Waals surface area contributed by atoms with Crippen molar-refractivity contribution in [3.63, 3.8) is 0 Å². The van der Waals surface area contributed by atoms with Gasteiger partial charge in [0.05, 0.1) is 6.04 Å². The number of carbonyl (C=O) groups is 1. The summed E-state index contributed by atoms with van der Waals surface area (Å²) in [6.45, 7) is 2.98. The van der Waals surface area contributed by atoms with Gasteiger partial charge < -0.3 is 11.1 Å². The summed E-state index contributed by atoms with van der Waals surface area (Å²) in [6, 6.07) is -0.0706. The minimum absolute atomic E-state index is 0.0706. The van der Waals surface area contributed by atoms with E-state index in [-0.39, 0.29) is 11.9 Å². The van der Waals surface area contributed by atoms with E-state index in [4.69, 9.17) is 5.73 Å². The SMILES string of the molecule is CCCNC(C(N)=O)C1CCC1. The summed E-state index contributed by atoms with van der Waals surface area (Å²) < 4.78 is 0. The van der Waals surface area contributed by atoms with Gasteiger partial charge in [0.1, 0.15) is 0 Å². The van der Waals surface area contributed by atoms with Gasteiger partial charge in [-0.05, 0) is 31.7 Å². The molecule has 1 atom stereocenters. The van der Waals surface area contributed by atoms with Crippen LogP contribution < -0.4 is 11.1 Å². The van der Waals surface area contributed by atoms with Gasteiger partial charge in [0.15, 0.2) is 0 Å². The molecule has 0 aromatic rings. The maximum absolute atomic E-state index is 11.0. The molecule has 1 amide bonds. The lowest BCUT2D eigenvalue weighted by Gasteiger charge is -2.32. The number of primary amides is 1. The zero-order chi connectivity index (χ0) is 8.97. The smallest absolute Gasteiger partial charge is 0.234 e. The van der Waals surface area contributed by atoms with Crippen molar-refractivity contribution in [2.24, 2.45) is 11.7 Å². The molecule has 1 rings (SSSR count). The third-order valence-corrected chi connectivity index (χ3v) is 2.54. The van der Waals surface area contributed by atoms with Crippen molar-refractivity contribution in [1.82, 2.24) is 5.32 Å². The minimum atomic E-state index is -0.187. The van der Waals surface area contributed by atoms with Gasteiger partial charge in [-0.15, -0.1) is 0 Å². The molecule has 0 aliphatic heterocycles. The highest BCUT2D eigenvalue weighted by Crippen LogP contribution is 2.29. The van der Waals surface area contributed by atoms with Gasteiger partial charge in [0, 0.05) is 0 Å². The standard InChI is InChI=1S/C9H18N2O/c1-2-6-11-8(9(10)12)7-4-3-5-7/h7-8,11H,2-6H2,1H3,(H2,10,12). The number of nitrogens with two attached hydrogens (primary N) is 1. The van der Waals surface area contributed by atoms with Crippen molar-refractivity contribution in [1.29, 1.82) is 0 Å². The average molecular weight is 170 g/mol. The Kier molecular flexibility index (Phi) is 3.53. The molecule has 70 valence electrons. The Morgan fingerprint density at radius 2 is 2.33 bits per heavy atom. The molecule has 0 heterocycles. The Morgan fingerprint density at radius 1 is 1.67 bits per heavy atom. The molecular formula is C9H18N2O. The van der Waals surface area contributed by atoms with E-state index in [0.29, 0.717) is 5.92 Å². The van der Waals surface area contributed by atoms with Crippen LogP contribution in [0.4, 0.5) is 0 Å². The molecule has 3 nitrogen and oxygen atoms in total. The van der Waals surface area contributed by atoms with Crippen LogP contribution in [-0.4, -0.2) is 18.5 Å². The Balaban J connectivity index is 2.32. The molecule has 0 spiro atoms. The highest BCUT2D eigenvalue weighted by atomic mass is 16.1. The average Bonchev–Trinajstić information content (AvgIpc) is 1.93. The third kappa shape index (κ3) is 2.21. The van der Waals surface area contributed by atoms with Gasteiger partial charge in [-0.2, -0.15) is 0 Å². The number of nitrogens with one attached hydrogen (secondary N) is 1. The molecule has 0 aromatic carbocycles. The summed E-state index contributed by atoms with van der Waals surface area (Å²) in [5.74, 6) is 0.321. The molecule has 0 bridgehead atoms. The summed E-state index contributed by atoms with van der Waals surface area (Å²) >= 11 is 0. The van der Waals surface area contributed by atoms with Gasteiger partial charge >= 0.3 is 0 Å². The number of rotatable bonds is 5. The fourth-order valence-electron chi connectivity index (χ4n) is 1.57. The predicted octanol–water partition coefficient (Wildman–Crippen LogP) is 0.640. The maximum Gasteiger partial charge on any atom is 0.234 e. The normalized spacial score (nSPS) is 20.1. The van der Waals surface area contributed by atoms with Crippen LogP contribution in [0.1, 0.15) is 32.6 Å². The Morgan fingerprint density at radius 3 is 2.67 bits per heavy atom. The molecule has 1 aliphatic rings. The van der Waals surface area contributed by atoms with Crippen LogP contribution in [0.2, 0.25) is 0 Å².